The summed E-state index contributed by atoms with van der Waals surface area (Å²) in [4.78, 5) is 36.6. The van der Waals surface area contributed by atoms with E-state index in [4.69, 9.17) is 9.05 Å². The van der Waals surface area contributed by atoms with Crippen molar-refractivity contribution in [2.24, 2.45) is 11.8 Å². The summed E-state index contributed by atoms with van der Waals surface area (Å²) in [5, 5.41) is 0. The van der Waals surface area contributed by atoms with Crippen molar-refractivity contribution >= 4 is 39.4 Å². The first-order valence-electron chi connectivity index (χ1n) is 12.7. The summed E-state index contributed by atoms with van der Waals surface area (Å²) in [6.07, 6.45) is 12.4. The van der Waals surface area contributed by atoms with Crippen molar-refractivity contribution in [3.8, 4) is 0 Å². The van der Waals surface area contributed by atoms with E-state index in [1.165, 1.54) is 0 Å². The van der Waals surface area contributed by atoms with E-state index in [1.54, 1.807) is 0 Å². The molecule has 0 heterocycles. The molecule has 0 N–H and O–H groups in total. The Morgan fingerprint density at radius 2 is 0.906 bits per heavy atom. The van der Waals surface area contributed by atoms with Crippen LogP contribution in [0.3, 0.4) is 0 Å². The summed E-state index contributed by atoms with van der Waals surface area (Å²) in [7, 11) is 0. The molecule has 0 aliphatic rings. The van der Waals surface area contributed by atoms with Crippen LogP contribution in [0, 0.1) is 11.8 Å². The van der Waals surface area contributed by atoms with E-state index in [0.29, 0.717) is 11.8 Å². The normalized spacial score (nSPS) is 11.2. The van der Waals surface area contributed by atoms with E-state index < -0.39 is 39.4 Å². The molecule has 32 heavy (non-hydrogen) atoms. The zero-order valence-electron chi connectivity index (χ0n) is 21.2. The fraction of sp³-hybridized carbons (Fsp3) is 0.880. The average molecular weight is 565 g/mol. The van der Waals surface area contributed by atoms with E-state index in [9.17, 15) is 14.4 Å². The molecule has 0 fully saturated rings. The van der Waals surface area contributed by atoms with Gasteiger partial charge < -0.3 is 0 Å². The van der Waals surface area contributed by atoms with Crippen molar-refractivity contribution in [1.29, 1.82) is 0 Å². The Morgan fingerprint density at radius 3 is 1.22 bits per heavy atom. The predicted octanol–water partition coefficient (Wildman–Crippen LogP) is 6.78. The van der Waals surface area contributed by atoms with Crippen LogP contribution < -0.4 is 0 Å². The van der Waals surface area contributed by atoms with Gasteiger partial charge in [-0.1, -0.05) is 0 Å². The topological polar surface area (TPSA) is 78.9 Å². The van der Waals surface area contributed by atoms with Crippen molar-refractivity contribution in [2.75, 3.05) is 0 Å². The van der Waals surface area contributed by atoms with Gasteiger partial charge in [-0.3, -0.25) is 0 Å². The van der Waals surface area contributed by atoms with Gasteiger partial charge in [-0.25, -0.2) is 0 Å². The first-order chi connectivity index (χ1) is 15.2. The van der Waals surface area contributed by atoms with E-state index in [1.807, 2.05) is 0 Å². The van der Waals surface area contributed by atoms with Gasteiger partial charge in [-0.15, -0.1) is 0 Å². The molecular weight excluding hydrogens is 518 g/mol. The van der Waals surface area contributed by atoms with E-state index in [-0.39, 0.29) is 19.3 Å². The first-order valence-corrected chi connectivity index (χ1v) is 15.8. The van der Waals surface area contributed by atoms with Crippen LogP contribution in [-0.2, 0) is 23.4 Å². The quantitative estimate of drug-likeness (QED) is 0.120. The molecular formula is C25H47O6Sb. The molecule has 0 rings (SSSR count). The third-order valence-corrected chi connectivity index (χ3v) is 8.11. The minimum atomic E-state index is -3.67. The Labute approximate surface area is 205 Å². The van der Waals surface area contributed by atoms with Gasteiger partial charge in [0.25, 0.3) is 0 Å². The zero-order valence-corrected chi connectivity index (χ0v) is 23.7. The molecule has 0 aliphatic heterocycles. The van der Waals surface area contributed by atoms with Crippen LogP contribution in [-0.4, -0.2) is 39.4 Å². The number of carbonyl (C=O) groups is 3. The predicted molar refractivity (Wildman–Crippen MR) is 129 cm³/mol. The second-order valence-electron chi connectivity index (χ2n) is 9.41. The Hall–Kier alpha value is -0.772. The number of unbranched alkanes of at least 4 members (excludes halogenated alkanes) is 7. The van der Waals surface area contributed by atoms with E-state index >= 15 is 0 Å². The van der Waals surface area contributed by atoms with Gasteiger partial charge in [0.2, 0.25) is 0 Å². The molecule has 0 aromatic heterocycles. The standard InChI is InChI=1S/2C9H18O2.C7H14O2.Sb/c2*1-8(2)6-4-3-5-7-9(10)11;1-2-3-4-5-6-7(8)9;/h2*8H,3-7H2,1-2H3,(H,10,11);2-6H2,1H3,(H,8,9);/q;;;+3/p-3. The third-order valence-electron chi connectivity index (χ3n) is 5.09. The van der Waals surface area contributed by atoms with Crippen LogP contribution in [0.15, 0.2) is 0 Å². The molecule has 188 valence electrons. The summed E-state index contributed by atoms with van der Waals surface area (Å²) in [5.74, 6) is 0.0194. The number of carbonyl (C=O) groups excluding carboxylic acids is 3. The minimum absolute atomic E-state index is 0.263. The van der Waals surface area contributed by atoms with Crippen LogP contribution in [0.1, 0.15) is 131 Å². The molecule has 0 aromatic carbocycles. The maximum atomic E-state index is 12.2. The molecule has 0 radical (unpaired) electrons. The fourth-order valence-corrected chi connectivity index (χ4v) is 5.66. The molecule has 0 unspecified atom stereocenters. The van der Waals surface area contributed by atoms with Gasteiger partial charge in [0, 0.05) is 0 Å². The molecule has 0 spiro atoms. The molecule has 0 saturated carbocycles. The second kappa shape index (κ2) is 20.8. The first kappa shape index (κ1) is 31.2. The van der Waals surface area contributed by atoms with Crippen molar-refractivity contribution in [3.05, 3.63) is 0 Å². The van der Waals surface area contributed by atoms with Gasteiger partial charge in [0.15, 0.2) is 0 Å². The van der Waals surface area contributed by atoms with Crippen molar-refractivity contribution in [1.82, 2.24) is 0 Å². The van der Waals surface area contributed by atoms with Crippen molar-refractivity contribution < 1.29 is 23.4 Å². The summed E-state index contributed by atoms with van der Waals surface area (Å²) in [5.41, 5.74) is 0. The summed E-state index contributed by atoms with van der Waals surface area (Å²) < 4.78 is 16.1. The molecule has 0 atom stereocenters. The fourth-order valence-electron chi connectivity index (χ4n) is 3.14. The van der Waals surface area contributed by atoms with Crippen LogP contribution in [0.4, 0.5) is 0 Å². The van der Waals surface area contributed by atoms with Crippen LogP contribution in [0.25, 0.3) is 0 Å². The third kappa shape index (κ3) is 21.1. The van der Waals surface area contributed by atoms with Gasteiger partial charge in [-0.2, -0.15) is 0 Å². The van der Waals surface area contributed by atoms with Crippen molar-refractivity contribution in [3.63, 3.8) is 0 Å². The van der Waals surface area contributed by atoms with E-state index in [0.717, 1.165) is 77.0 Å². The average Bonchev–Trinajstić information content (AvgIpc) is 2.70. The summed E-state index contributed by atoms with van der Waals surface area (Å²) in [6.45, 7) is 10.8. The molecule has 0 saturated heterocycles. The SMILES string of the molecule is CCCCCCC(=O)[O][Sb]([O]C(=O)CCCCCC(C)C)[O]C(=O)CCCCCC(C)C. The monoisotopic (exact) mass is 564 g/mol. The Balaban J connectivity index is 4.46. The molecule has 0 aromatic rings. The van der Waals surface area contributed by atoms with Crippen LogP contribution in [0.5, 0.6) is 0 Å². The number of hydrogen-bond acceptors (Lipinski definition) is 6. The molecule has 0 aliphatic carbocycles. The van der Waals surface area contributed by atoms with E-state index in [2.05, 4.69) is 34.6 Å². The maximum absolute atomic E-state index is 12.2. The van der Waals surface area contributed by atoms with Gasteiger partial charge in [0.1, 0.15) is 0 Å². The summed E-state index contributed by atoms with van der Waals surface area (Å²) >= 11 is -3.67. The molecule has 7 heteroatoms. The summed E-state index contributed by atoms with van der Waals surface area (Å²) in [6, 6.07) is 0. The Morgan fingerprint density at radius 1 is 0.562 bits per heavy atom. The Bertz CT molecular complexity index is 475. The van der Waals surface area contributed by atoms with Gasteiger partial charge in [-0.05, 0) is 0 Å². The molecule has 0 amide bonds. The van der Waals surface area contributed by atoms with Crippen molar-refractivity contribution in [2.45, 2.75) is 131 Å². The Kier molecular flexibility index (Phi) is 20.3. The second-order valence-corrected chi connectivity index (χ2v) is 12.3. The number of hydrogen-bond donors (Lipinski definition) is 0. The molecule has 0 bridgehead atoms. The van der Waals surface area contributed by atoms with Crippen LogP contribution in [0.2, 0.25) is 0 Å². The van der Waals surface area contributed by atoms with Gasteiger partial charge in [0.05, 0.1) is 0 Å². The van der Waals surface area contributed by atoms with Crippen LogP contribution >= 0.6 is 0 Å². The number of rotatable bonds is 20. The van der Waals surface area contributed by atoms with Gasteiger partial charge >= 0.3 is 206 Å². The molecule has 6 nitrogen and oxygen atoms in total. The zero-order chi connectivity index (χ0) is 24.2.